The van der Waals surface area contributed by atoms with Gasteiger partial charge in [-0.25, -0.2) is 17.8 Å². The van der Waals surface area contributed by atoms with Crippen LogP contribution in [0.15, 0.2) is 35.6 Å². The number of rotatable bonds is 9. The molecule has 2 fully saturated rings. The van der Waals surface area contributed by atoms with Crippen LogP contribution in [0, 0.1) is 5.82 Å². The first-order chi connectivity index (χ1) is 15.8. The number of aromatic nitrogens is 2. The molecule has 2 aromatic rings. The fourth-order valence-electron chi connectivity index (χ4n) is 4.37. The maximum Gasteiger partial charge on any atom is 0.228 e. The minimum atomic E-state index is -3.94. The summed E-state index contributed by atoms with van der Waals surface area (Å²) >= 11 is 0. The van der Waals surface area contributed by atoms with Crippen molar-refractivity contribution in [2.75, 3.05) is 19.8 Å². The molecule has 0 saturated carbocycles. The van der Waals surface area contributed by atoms with Gasteiger partial charge in [-0.3, -0.25) is 4.79 Å². The SMILES string of the molecule is CC(=O)N(Cc1cnc(S(=O)(=O)Cc2ccccc2F)n1C[C@@H]1CCCO1)C[C@@H]1CCCO1. The second-order valence-electron chi connectivity index (χ2n) is 8.66. The van der Waals surface area contributed by atoms with Crippen LogP contribution in [0.25, 0.3) is 0 Å². The molecule has 0 radical (unpaired) electrons. The van der Waals surface area contributed by atoms with E-state index in [0.717, 1.165) is 25.7 Å². The lowest BCUT2D eigenvalue weighted by Crippen LogP contribution is -2.36. The van der Waals surface area contributed by atoms with E-state index in [2.05, 4.69) is 4.98 Å². The molecule has 0 N–H and O–H groups in total. The number of ether oxygens (including phenoxy) is 2. The van der Waals surface area contributed by atoms with Crippen LogP contribution in [0.3, 0.4) is 0 Å². The van der Waals surface area contributed by atoms with Gasteiger partial charge in [-0.1, -0.05) is 18.2 Å². The molecule has 2 aliphatic rings. The number of imidazole rings is 1. The highest BCUT2D eigenvalue weighted by molar-refractivity contribution is 7.90. The van der Waals surface area contributed by atoms with Gasteiger partial charge in [0, 0.05) is 32.2 Å². The molecule has 10 heteroatoms. The molecule has 2 aliphatic heterocycles. The highest BCUT2D eigenvalue weighted by Crippen LogP contribution is 2.24. The number of sulfone groups is 1. The van der Waals surface area contributed by atoms with Crippen molar-refractivity contribution in [1.29, 1.82) is 0 Å². The smallest absolute Gasteiger partial charge is 0.228 e. The minimum absolute atomic E-state index is 0.0207. The second kappa shape index (κ2) is 10.3. The van der Waals surface area contributed by atoms with Gasteiger partial charge in [0.25, 0.3) is 0 Å². The van der Waals surface area contributed by atoms with Crippen molar-refractivity contribution in [1.82, 2.24) is 14.5 Å². The number of halogens is 1. The van der Waals surface area contributed by atoms with Crippen molar-refractivity contribution in [3.8, 4) is 0 Å². The first-order valence-electron chi connectivity index (χ1n) is 11.3. The van der Waals surface area contributed by atoms with E-state index in [0.29, 0.717) is 32.0 Å². The largest absolute Gasteiger partial charge is 0.376 e. The Kier molecular flexibility index (Phi) is 7.45. The zero-order valence-corrected chi connectivity index (χ0v) is 19.6. The maximum absolute atomic E-state index is 14.2. The zero-order valence-electron chi connectivity index (χ0n) is 18.8. The normalized spacial score (nSPS) is 20.9. The average molecular weight is 480 g/mol. The van der Waals surface area contributed by atoms with Crippen LogP contribution in [0.5, 0.6) is 0 Å². The molecule has 0 aliphatic carbocycles. The summed E-state index contributed by atoms with van der Waals surface area (Å²) in [4.78, 5) is 18.2. The summed E-state index contributed by atoms with van der Waals surface area (Å²) < 4.78 is 53.7. The van der Waals surface area contributed by atoms with E-state index in [9.17, 15) is 17.6 Å². The predicted octanol–water partition coefficient (Wildman–Crippen LogP) is 2.70. The molecule has 1 aromatic heterocycles. The topological polar surface area (TPSA) is 90.7 Å². The first kappa shape index (κ1) is 23.8. The molecular formula is C23H30FN3O5S. The monoisotopic (exact) mass is 479 g/mol. The van der Waals surface area contributed by atoms with E-state index in [4.69, 9.17) is 9.47 Å². The quantitative estimate of drug-likeness (QED) is 0.549. The van der Waals surface area contributed by atoms with Gasteiger partial charge in [-0.15, -0.1) is 0 Å². The average Bonchev–Trinajstić information content (AvgIpc) is 3.53. The van der Waals surface area contributed by atoms with Crippen molar-refractivity contribution in [3.05, 3.63) is 47.5 Å². The molecule has 0 spiro atoms. The third-order valence-corrected chi connectivity index (χ3v) is 7.71. The molecule has 3 heterocycles. The van der Waals surface area contributed by atoms with E-state index in [1.165, 1.54) is 31.3 Å². The summed E-state index contributed by atoms with van der Waals surface area (Å²) in [5, 5.41) is -0.128. The lowest BCUT2D eigenvalue weighted by Gasteiger charge is -2.25. The van der Waals surface area contributed by atoms with Gasteiger partial charge in [0.1, 0.15) is 5.82 Å². The van der Waals surface area contributed by atoms with E-state index < -0.39 is 21.4 Å². The summed E-state index contributed by atoms with van der Waals surface area (Å²) in [6.45, 7) is 3.77. The van der Waals surface area contributed by atoms with Gasteiger partial charge in [-0.2, -0.15) is 0 Å². The van der Waals surface area contributed by atoms with Crippen LogP contribution >= 0.6 is 0 Å². The molecule has 0 unspecified atom stereocenters. The van der Waals surface area contributed by atoms with Crippen LogP contribution in [0.2, 0.25) is 0 Å². The second-order valence-corrected chi connectivity index (χ2v) is 10.5. The van der Waals surface area contributed by atoms with Crippen molar-refractivity contribution in [2.24, 2.45) is 0 Å². The van der Waals surface area contributed by atoms with Crippen LogP contribution in [0.1, 0.15) is 43.9 Å². The third-order valence-electron chi connectivity index (χ3n) is 6.14. The van der Waals surface area contributed by atoms with Crippen LogP contribution in [-0.2, 0) is 42.9 Å². The van der Waals surface area contributed by atoms with Crippen molar-refractivity contribution in [3.63, 3.8) is 0 Å². The Balaban J connectivity index is 1.62. The van der Waals surface area contributed by atoms with E-state index in [1.807, 2.05) is 0 Å². The molecule has 1 aromatic carbocycles. The molecule has 2 atom stereocenters. The predicted molar refractivity (Wildman–Crippen MR) is 119 cm³/mol. The van der Waals surface area contributed by atoms with Crippen molar-refractivity contribution < 1.29 is 27.1 Å². The number of amides is 1. The Morgan fingerprint density at radius 3 is 2.52 bits per heavy atom. The maximum atomic E-state index is 14.2. The van der Waals surface area contributed by atoms with E-state index >= 15 is 0 Å². The zero-order chi connectivity index (χ0) is 23.4. The number of hydrogen-bond donors (Lipinski definition) is 0. The summed E-state index contributed by atoms with van der Waals surface area (Å²) in [6, 6.07) is 5.82. The van der Waals surface area contributed by atoms with Gasteiger partial charge in [0.2, 0.25) is 20.9 Å². The van der Waals surface area contributed by atoms with Gasteiger partial charge >= 0.3 is 0 Å². The third kappa shape index (κ3) is 5.80. The van der Waals surface area contributed by atoms with E-state index in [1.54, 1.807) is 15.5 Å². The minimum Gasteiger partial charge on any atom is -0.376 e. The molecule has 2 saturated heterocycles. The summed E-state index contributed by atoms with van der Waals surface area (Å²) in [5.41, 5.74) is 0.695. The molecule has 8 nitrogen and oxygen atoms in total. The number of carbonyl (C=O) groups excluding carboxylic acids is 1. The Labute approximate surface area is 193 Å². The van der Waals surface area contributed by atoms with E-state index in [-0.39, 0.29) is 35.4 Å². The molecular weight excluding hydrogens is 449 g/mol. The summed E-state index contributed by atoms with van der Waals surface area (Å²) in [6.07, 6.45) is 4.92. The summed E-state index contributed by atoms with van der Waals surface area (Å²) in [7, 11) is -3.94. The Hall–Kier alpha value is -2.30. The standard InChI is InChI=1S/C23H30FN3O5S/c1-17(28)26(14-20-7-4-10-31-20)13-19-12-25-23(27(19)15-21-8-5-11-32-21)33(29,30)16-18-6-2-3-9-22(18)24/h2-3,6,9,12,20-21H,4-5,7-8,10-11,13-16H2,1H3/t20-,21-/m0/s1. The van der Waals surface area contributed by atoms with Crippen LogP contribution in [0.4, 0.5) is 4.39 Å². The highest BCUT2D eigenvalue weighted by atomic mass is 32.2. The molecule has 1 amide bonds. The Morgan fingerprint density at radius 2 is 1.88 bits per heavy atom. The molecule has 33 heavy (non-hydrogen) atoms. The molecule has 180 valence electrons. The van der Waals surface area contributed by atoms with Gasteiger partial charge in [-0.05, 0) is 31.7 Å². The Morgan fingerprint density at radius 1 is 1.18 bits per heavy atom. The number of nitrogens with zero attached hydrogens (tertiary/aromatic N) is 3. The number of carbonyl (C=O) groups is 1. The Bertz CT molecular complexity index is 1080. The molecule has 0 bridgehead atoms. The summed E-state index contributed by atoms with van der Waals surface area (Å²) in [5.74, 6) is -1.18. The van der Waals surface area contributed by atoms with Crippen molar-refractivity contribution >= 4 is 15.7 Å². The fourth-order valence-corrected chi connectivity index (χ4v) is 5.89. The number of benzene rings is 1. The highest BCUT2D eigenvalue weighted by Gasteiger charge is 2.29. The lowest BCUT2D eigenvalue weighted by atomic mass is 10.2. The molecule has 4 rings (SSSR count). The van der Waals surface area contributed by atoms with Crippen LogP contribution in [-0.4, -0.2) is 60.7 Å². The van der Waals surface area contributed by atoms with Crippen LogP contribution < -0.4 is 0 Å². The van der Waals surface area contributed by atoms with Gasteiger partial charge in [0.15, 0.2) is 0 Å². The van der Waals surface area contributed by atoms with Gasteiger partial charge < -0.3 is 18.9 Å². The van der Waals surface area contributed by atoms with Gasteiger partial charge in [0.05, 0.1) is 42.9 Å². The lowest BCUT2D eigenvalue weighted by molar-refractivity contribution is -0.131. The van der Waals surface area contributed by atoms with Crippen molar-refractivity contribution in [2.45, 2.75) is 68.8 Å². The number of hydrogen-bond acceptors (Lipinski definition) is 6. The first-order valence-corrected chi connectivity index (χ1v) is 13.0. The fraction of sp³-hybridized carbons (Fsp3) is 0.565.